The topological polar surface area (TPSA) is 53.2 Å². The Balaban J connectivity index is 4.56. The molecule has 0 saturated carbocycles. The molecule has 3 heteroatoms. The number of isocyanates is 1. The van der Waals surface area contributed by atoms with Gasteiger partial charge in [-0.15, -0.1) is 0 Å². The van der Waals surface area contributed by atoms with Crippen molar-refractivity contribution in [2.24, 2.45) is 16.3 Å². The molecule has 0 fully saturated rings. The van der Waals surface area contributed by atoms with E-state index in [4.69, 9.17) is 5.26 Å². The summed E-state index contributed by atoms with van der Waals surface area (Å²) in [6.07, 6.45) is 1.42. The summed E-state index contributed by atoms with van der Waals surface area (Å²) in [5.74, 6) is 0.0592. The van der Waals surface area contributed by atoms with Gasteiger partial charge in [0, 0.05) is 0 Å². The number of nitrogens with zero attached hydrogens (tertiary/aromatic N) is 2. The molecule has 0 aliphatic carbocycles. The average Bonchev–Trinajstić information content (AvgIpc) is 1.97. The van der Waals surface area contributed by atoms with E-state index in [1.807, 2.05) is 33.8 Å². The average molecular weight is 166 g/mol. The van der Waals surface area contributed by atoms with E-state index in [0.29, 0.717) is 0 Å². The van der Waals surface area contributed by atoms with Crippen LogP contribution in [0.4, 0.5) is 0 Å². The van der Waals surface area contributed by atoms with Crippen LogP contribution in [0.5, 0.6) is 0 Å². The highest BCUT2D eigenvalue weighted by Gasteiger charge is 2.27. The molecule has 3 nitrogen and oxygen atoms in total. The largest absolute Gasteiger partial charge is 0.236 e. The molecule has 12 heavy (non-hydrogen) atoms. The smallest absolute Gasteiger partial charge is 0.211 e. The first kappa shape index (κ1) is 10.9. The molecule has 0 radical (unpaired) electrons. The fourth-order valence-corrected chi connectivity index (χ4v) is 0.783. The molecule has 0 saturated heterocycles. The second-order valence-electron chi connectivity index (χ2n) is 3.95. The monoisotopic (exact) mass is 166 g/mol. The maximum absolute atomic E-state index is 9.96. The van der Waals surface area contributed by atoms with Crippen molar-refractivity contribution in [2.45, 2.75) is 33.7 Å². The van der Waals surface area contributed by atoms with Gasteiger partial charge in [-0.1, -0.05) is 27.7 Å². The molecule has 0 spiro atoms. The van der Waals surface area contributed by atoms with Gasteiger partial charge >= 0.3 is 0 Å². The van der Waals surface area contributed by atoms with Gasteiger partial charge in [0.2, 0.25) is 6.08 Å². The lowest BCUT2D eigenvalue weighted by Gasteiger charge is -2.27. The van der Waals surface area contributed by atoms with Crippen LogP contribution in [-0.4, -0.2) is 12.1 Å². The molecule has 0 aliphatic heterocycles. The Morgan fingerprint density at radius 1 is 1.42 bits per heavy atom. The zero-order chi connectivity index (χ0) is 9.78. The van der Waals surface area contributed by atoms with Crippen LogP contribution in [0.3, 0.4) is 0 Å². The Kier molecular flexibility index (Phi) is 3.66. The predicted octanol–water partition coefficient (Wildman–Crippen LogP) is 1.90. The minimum Gasteiger partial charge on any atom is -0.211 e. The molecule has 0 amide bonds. The van der Waals surface area contributed by atoms with Gasteiger partial charge in [0.1, 0.15) is 0 Å². The highest BCUT2D eigenvalue weighted by molar-refractivity contribution is 5.34. The first-order chi connectivity index (χ1) is 5.43. The molecule has 0 aromatic carbocycles. The van der Waals surface area contributed by atoms with Gasteiger partial charge in [-0.25, -0.2) is 4.79 Å². The van der Waals surface area contributed by atoms with E-state index in [1.165, 1.54) is 6.08 Å². The van der Waals surface area contributed by atoms with Crippen molar-refractivity contribution in [2.75, 3.05) is 0 Å². The van der Waals surface area contributed by atoms with E-state index in [0.717, 1.165) is 0 Å². The zero-order valence-electron chi connectivity index (χ0n) is 7.96. The van der Waals surface area contributed by atoms with Crippen LogP contribution in [0.2, 0.25) is 0 Å². The van der Waals surface area contributed by atoms with Gasteiger partial charge in [0.05, 0.1) is 6.07 Å². The number of hydrogen-bond donors (Lipinski definition) is 0. The molecule has 0 bridgehead atoms. The Morgan fingerprint density at radius 3 is 2.17 bits per heavy atom. The summed E-state index contributed by atoms with van der Waals surface area (Å²) in [6.45, 7) is 7.96. The van der Waals surface area contributed by atoms with E-state index in [-0.39, 0.29) is 11.3 Å². The summed E-state index contributed by atoms with van der Waals surface area (Å²) in [6, 6.07) is 1.41. The minimum atomic E-state index is -0.567. The van der Waals surface area contributed by atoms with E-state index >= 15 is 0 Å². The van der Waals surface area contributed by atoms with Crippen LogP contribution in [0.25, 0.3) is 0 Å². The summed E-state index contributed by atoms with van der Waals surface area (Å²) in [7, 11) is 0. The van der Waals surface area contributed by atoms with E-state index in [1.54, 1.807) is 0 Å². The van der Waals surface area contributed by atoms with Gasteiger partial charge < -0.3 is 0 Å². The molecular weight excluding hydrogens is 152 g/mol. The molecule has 66 valence electrons. The highest BCUT2D eigenvalue weighted by Crippen LogP contribution is 2.29. The number of hydrogen-bond acceptors (Lipinski definition) is 3. The Bertz CT molecular complexity index is 228. The third kappa shape index (κ3) is 2.86. The standard InChI is InChI=1S/C9H14N2O/c1-7(9(2,3)4)8(5-10)11-6-12/h7-8H,1-4H3. The van der Waals surface area contributed by atoms with Crippen molar-refractivity contribution in [3.05, 3.63) is 0 Å². The van der Waals surface area contributed by atoms with Gasteiger partial charge in [0.25, 0.3) is 0 Å². The molecule has 2 atom stereocenters. The maximum atomic E-state index is 9.96. The number of carbonyl (C=O) groups excluding carboxylic acids is 1. The molecule has 0 rings (SSSR count). The van der Waals surface area contributed by atoms with E-state index < -0.39 is 6.04 Å². The lowest BCUT2D eigenvalue weighted by Crippen LogP contribution is -2.27. The maximum Gasteiger partial charge on any atom is 0.236 e. The Labute approximate surface area is 73.1 Å². The third-order valence-electron chi connectivity index (χ3n) is 2.16. The van der Waals surface area contributed by atoms with E-state index in [2.05, 4.69) is 4.99 Å². The molecular formula is C9H14N2O. The lowest BCUT2D eigenvalue weighted by molar-refractivity contribution is 0.245. The molecule has 0 N–H and O–H groups in total. The summed E-state index contributed by atoms with van der Waals surface area (Å²) in [5, 5.41) is 8.67. The first-order valence-electron chi connectivity index (χ1n) is 3.90. The molecule has 0 heterocycles. The van der Waals surface area contributed by atoms with Crippen LogP contribution in [0.15, 0.2) is 4.99 Å². The minimum absolute atomic E-state index is 0.0131. The summed E-state index contributed by atoms with van der Waals surface area (Å²) in [4.78, 5) is 13.4. The third-order valence-corrected chi connectivity index (χ3v) is 2.16. The fourth-order valence-electron chi connectivity index (χ4n) is 0.783. The predicted molar refractivity (Wildman–Crippen MR) is 46.1 cm³/mol. The van der Waals surface area contributed by atoms with Crippen LogP contribution in [-0.2, 0) is 4.79 Å². The van der Waals surface area contributed by atoms with Crippen LogP contribution in [0.1, 0.15) is 27.7 Å². The highest BCUT2D eigenvalue weighted by atomic mass is 16.1. The number of rotatable bonds is 2. The van der Waals surface area contributed by atoms with Crippen LogP contribution in [0, 0.1) is 22.7 Å². The normalized spacial score (nSPS) is 15.6. The van der Waals surface area contributed by atoms with Crippen molar-refractivity contribution < 1.29 is 4.79 Å². The molecule has 0 aromatic heterocycles. The second-order valence-corrected chi connectivity index (χ2v) is 3.95. The molecule has 2 unspecified atom stereocenters. The number of nitriles is 1. The quantitative estimate of drug-likeness (QED) is 0.464. The Hall–Kier alpha value is -1.13. The lowest BCUT2D eigenvalue weighted by atomic mass is 9.78. The fraction of sp³-hybridized carbons (Fsp3) is 0.778. The van der Waals surface area contributed by atoms with Gasteiger partial charge in [-0.2, -0.15) is 10.3 Å². The summed E-state index contributed by atoms with van der Waals surface area (Å²) >= 11 is 0. The SMILES string of the molecule is CC(C(C#N)N=C=O)C(C)(C)C. The second kappa shape index (κ2) is 4.04. The van der Waals surface area contributed by atoms with Crippen LogP contribution < -0.4 is 0 Å². The first-order valence-corrected chi connectivity index (χ1v) is 3.90. The van der Waals surface area contributed by atoms with Crippen LogP contribution >= 0.6 is 0 Å². The Morgan fingerprint density at radius 2 is 1.92 bits per heavy atom. The molecule has 0 aromatic rings. The van der Waals surface area contributed by atoms with E-state index in [9.17, 15) is 4.79 Å². The van der Waals surface area contributed by atoms with Gasteiger partial charge in [-0.05, 0) is 11.3 Å². The zero-order valence-corrected chi connectivity index (χ0v) is 7.96. The van der Waals surface area contributed by atoms with Crippen molar-refractivity contribution in [1.29, 1.82) is 5.26 Å². The summed E-state index contributed by atoms with van der Waals surface area (Å²) < 4.78 is 0. The van der Waals surface area contributed by atoms with Crippen molar-refractivity contribution in [3.8, 4) is 6.07 Å². The van der Waals surface area contributed by atoms with Crippen molar-refractivity contribution in [1.82, 2.24) is 0 Å². The van der Waals surface area contributed by atoms with Crippen molar-refractivity contribution in [3.63, 3.8) is 0 Å². The van der Waals surface area contributed by atoms with Gasteiger partial charge in [-0.3, -0.25) is 0 Å². The molecule has 0 aliphatic rings. The van der Waals surface area contributed by atoms with Crippen molar-refractivity contribution >= 4 is 6.08 Å². The number of aliphatic imine (C=N–C) groups is 1. The van der Waals surface area contributed by atoms with Gasteiger partial charge in [0.15, 0.2) is 6.04 Å². The summed E-state index contributed by atoms with van der Waals surface area (Å²) in [5.41, 5.74) is -0.0131.